The minimum Gasteiger partial charge on any atom is -0.481 e. The van der Waals surface area contributed by atoms with Crippen LogP contribution in [-0.4, -0.2) is 17.0 Å². The number of nitrogens with zero attached hydrogens (tertiary/aromatic N) is 1. The fraction of sp³-hybridized carbons (Fsp3) is 0.231. The zero-order valence-corrected chi connectivity index (χ0v) is 12.1. The molecule has 0 saturated heterocycles. The van der Waals surface area contributed by atoms with Crippen molar-refractivity contribution < 1.29 is 9.53 Å². The second kappa shape index (κ2) is 6.04. The molecule has 0 aliphatic carbocycles. The van der Waals surface area contributed by atoms with Crippen molar-refractivity contribution in [2.24, 2.45) is 0 Å². The number of carbonyl (C=O) groups excluding carboxylic acids is 1. The molecular weight excluding hydrogens is 284 g/mol. The number of thiazole rings is 1. The third-order valence-electron chi connectivity index (χ3n) is 2.35. The van der Waals surface area contributed by atoms with Gasteiger partial charge < -0.3 is 4.74 Å². The summed E-state index contributed by atoms with van der Waals surface area (Å²) in [7, 11) is 0. The number of aromatic nitrogens is 1. The standard InChI is InChI=1S/C13H13ClN2O2S/c1-8-7-15-13(19-8)16-12(17)9(2)18-11-5-3-10(14)4-6-11/h3-7,9H,1-2H3,(H,15,16,17)/t9-/m0/s1. The molecule has 0 fully saturated rings. The fourth-order valence-corrected chi connectivity index (χ4v) is 2.18. The second-order valence-electron chi connectivity index (χ2n) is 3.98. The molecule has 0 saturated carbocycles. The third-order valence-corrected chi connectivity index (χ3v) is 3.43. The van der Waals surface area contributed by atoms with Crippen molar-refractivity contribution in [3.63, 3.8) is 0 Å². The number of rotatable bonds is 4. The highest BCUT2D eigenvalue weighted by Gasteiger charge is 2.16. The van der Waals surface area contributed by atoms with Gasteiger partial charge in [-0.2, -0.15) is 0 Å². The number of hydrogen-bond donors (Lipinski definition) is 1. The Morgan fingerprint density at radius 2 is 2.11 bits per heavy atom. The Hall–Kier alpha value is -1.59. The number of hydrogen-bond acceptors (Lipinski definition) is 4. The van der Waals surface area contributed by atoms with E-state index in [4.69, 9.17) is 16.3 Å². The van der Waals surface area contributed by atoms with Crippen LogP contribution < -0.4 is 10.1 Å². The molecule has 1 amide bonds. The number of nitrogens with one attached hydrogen (secondary N) is 1. The van der Waals surface area contributed by atoms with Crippen LogP contribution in [0.4, 0.5) is 5.13 Å². The SMILES string of the molecule is Cc1cnc(NC(=O)[C@H](C)Oc2ccc(Cl)cc2)s1. The van der Waals surface area contributed by atoms with Crippen LogP contribution in [0.15, 0.2) is 30.5 Å². The maximum Gasteiger partial charge on any atom is 0.266 e. The summed E-state index contributed by atoms with van der Waals surface area (Å²) in [6.45, 7) is 3.62. The molecule has 2 rings (SSSR count). The Kier molecular flexibility index (Phi) is 4.39. The van der Waals surface area contributed by atoms with E-state index in [1.54, 1.807) is 37.4 Å². The summed E-state index contributed by atoms with van der Waals surface area (Å²) in [5.74, 6) is 0.367. The van der Waals surface area contributed by atoms with E-state index in [0.717, 1.165) is 4.88 Å². The van der Waals surface area contributed by atoms with E-state index in [2.05, 4.69) is 10.3 Å². The first-order valence-corrected chi connectivity index (χ1v) is 6.89. The van der Waals surface area contributed by atoms with E-state index in [9.17, 15) is 4.79 Å². The predicted molar refractivity (Wildman–Crippen MR) is 77.0 cm³/mol. The van der Waals surface area contributed by atoms with Gasteiger partial charge in [0.2, 0.25) is 0 Å². The average Bonchev–Trinajstić information content (AvgIpc) is 2.77. The van der Waals surface area contributed by atoms with Crippen LogP contribution >= 0.6 is 22.9 Å². The van der Waals surface area contributed by atoms with Crippen molar-refractivity contribution in [3.8, 4) is 5.75 Å². The minimum absolute atomic E-state index is 0.232. The van der Waals surface area contributed by atoms with Crippen LogP contribution in [-0.2, 0) is 4.79 Å². The Morgan fingerprint density at radius 3 is 2.68 bits per heavy atom. The quantitative estimate of drug-likeness (QED) is 0.939. The van der Waals surface area contributed by atoms with Crippen molar-refractivity contribution in [2.45, 2.75) is 20.0 Å². The van der Waals surface area contributed by atoms with Crippen LogP contribution in [0.3, 0.4) is 0 Å². The molecule has 1 aromatic carbocycles. The van der Waals surface area contributed by atoms with Gasteiger partial charge in [-0.15, -0.1) is 11.3 Å². The highest BCUT2D eigenvalue weighted by molar-refractivity contribution is 7.15. The predicted octanol–water partition coefficient (Wildman–Crippen LogP) is 3.51. The normalized spacial score (nSPS) is 11.9. The molecule has 0 radical (unpaired) electrons. The van der Waals surface area contributed by atoms with E-state index in [0.29, 0.717) is 15.9 Å². The molecule has 19 heavy (non-hydrogen) atoms. The summed E-state index contributed by atoms with van der Waals surface area (Å²) in [5, 5.41) is 3.92. The molecule has 1 atom stereocenters. The van der Waals surface area contributed by atoms with Gasteiger partial charge in [-0.1, -0.05) is 11.6 Å². The number of anilines is 1. The lowest BCUT2D eigenvalue weighted by Gasteiger charge is -2.13. The van der Waals surface area contributed by atoms with E-state index in [1.807, 2.05) is 6.92 Å². The summed E-state index contributed by atoms with van der Waals surface area (Å²) >= 11 is 7.20. The highest BCUT2D eigenvalue weighted by atomic mass is 35.5. The number of amides is 1. The number of ether oxygens (including phenoxy) is 1. The first-order chi connectivity index (χ1) is 9.04. The van der Waals surface area contributed by atoms with Crippen LogP contribution in [0, 0.1) is 6.92 Å². The van der Waals surface area contributed by atoms with Gasteiger partial charge in [0.15, 0.2) is 11.2 Å². The van der Waals surface area contributed by atoms with E-state index >= 15 is 0 Å². The number of carbonyl (C=O) groups is 1. The molecule has 1 heterocycles. The van der Waals surface area contributed by atoms with Gasteiger partial charge in [-0.3, -0.25) is 10.1 Å². The van der Waals surface area contributed by atoms with Gasteiger partial charge in [0, 0.05) is 16.1 Å². The van der Waals surface area contributed by atoms with Crippen molar-refractivity contribution >= 4 is 34.0 Å². The Balaban J connectivity index is 1.94. The number of aryl methyl sites for hydroxylation is 1. The third kappa shape index (κ3) is 3.94. The topological polar surface area (TPSA) is 51.2 Å². The van der Waals surface area contributed by atoms with E-state index in [1.165, 1.54) is 11.3 Å². The van der Waals surface area contributed by atoms with Crippen molar-refractivity contribution in [1.29, 1.82) is 0 Å². The molecule has 6 heteroatoms. The molecule has 0 bridgehead atoms. The minimum atomic E-state index is -0.606. The molecular formula is C13H13ClN2O2S. The smallest absolute Gasteiger partial charge is 0.266 e. The first-order valence-electron chi connectivity index (χ1n) is 5.70. The zero-order valence-electron chi connectivity index (χ0n) is 10.5. The molecule has 1 N–H and O–H groups in total. The molecule has 0 aliphatic heterocycles. The average molecular weight is 297 g/mol. The van der Waals surface area contributed by atoms with Crippen molar-refractivity contribution in [1.82, 2.24) is 4.98 Å². The van der Waals surface area contributed by atoms with Crippen LogP contribution in [0.5, 0.6) is 5.75 Å². The van der Waals surface area contributed by atoms with Gasteiger partial charge in [0.05, 0.1) is 0 Å². The van der Waals surface area contributed by atoms with Crippen LogP contribution in [0.2, 0.25) is 5.02 Å². The highest BCUT2D eigenvalue weighted by Crippen LogP contribution is 2.19. The summed E-state index contributed by atoms with van der Waals surface area (Å²) in [4.78, 5) is 17.0. The molecule has 1 aromatic heterocycles. The fourth-order valence-electron chi connectivity index (χ4n) is 1.39. The lowest BCUT2D eigenvalue weighted by molar-refractivity contribution is -0.122. The molecule has 4 nitrogen and oxygen atoms in total. The lowest BCUT2D eigenvalue weighted by Crippen LogP contribution is -2.30. The Bertz CT molecular complexity index is 568. The summed E-state index contributed by atoms with van der Waals surface area (Å²) in [5.41, 5.74) is 0. The number of benzene rings is 1. The second-order valence-corrected chi connectivity index (χ2v) is 5.65. The largest absolute Gasteiger partial charge is 0.481 e. The molecule has 100 valence electrons. The molecule has 0 unspecified atom stereocenters. The monoisotopic (exact) mass is 296 g/mol. The first kappa shape index (κ1) is 13.8. The molecule has 0 aliphatic rings. The molecule has 2 aromatic rings. The van der Waals surface area contributed by atoms with E-state index < -0.39 is 6.10 Å². The van der Waals surface area contributed by atoms with Crippen molar-refractivity contribution in [3.05, 3.63) is 40.4 Å². The van der Waals surface area contributed by atoms with Gasteiger partial charge in [-0.05, 0) is 38.1 Å². The maximum absolute atomic E-state index is 11.9. The van der Waals surface area contributed by atoms with Gasteiger partial charge in [0.1, 0.15) is 5.75 Å². The van der Waals surface area contributed by atoms with Gasteiger partial charge in [0.25, 0.3) is 5.91 Å². The molecule has 0 spiro atoms. The maximum atomic E-state index is 11.9. The number of halogens is 1. The van der Waals surface area contributed by atoms with Gasteiger partial charge in [-0.25, -0.2) is 4.98 Å². The van der Waals surface area contributed by atoms with Gasteiger partial charge >= 0.3 is 0 Å². The summed E-state index contributed by atoms with van der Waals surface area (Å²) < 4.78 is 5.52. The van der Waals surface area contributed by atoms with Crippen LogP contribution in [0.1, 0.15) is 11.8 Å². The van der Waals surface area contributed by atoms with Crippen LogP contribution in [0.25, 0.3) is 0 Å². The Morgan fingerprint density at radius 1 is 1.42 bits per heavy atom. The zero-order chi connectivity index (χ0) is 13.8. The lowest BCUT2D eigenvalue weighted by atomic mass is 10.3. The van der Waals surface area contributed by atoms with E-state index in [-0.39, 0.29) is 5.91 Å². The summed E-state index contributed by atoms with van der Waals surface area (Å²) in [6.07, 6.45) is 1.11. The summed E-state index contributed by atoms with van der Waals surface area (Å²) in [6, 6.07) is 6.87. The Labute approximate surface area is 120 Å². The van der Waals surface area contributed by atoms with Crippen molar-refractivity contribution in [2.75, 3.05) is 5.32 Å².